The molecule has 2 amide bonds. The van der Waals surface area contributed by atoms with Gasteiger partial charge in [0, 0.05) is 41.9 Å². The van der Waals surface area contributed by atoms with Gasteiger partial charge in [0.2, 0.25) is 0 Å². The van der Waals surface area contributed by atoms with Crippen LogP contribution in [0.2, 0.25) is 0 Å². The van der Waals surface area contributed by atoms with Crippen molar-refractivity contribution < 1.29 is 38.3 Å². The van der Waals surface area contributed by atoms with Gasteiger partial charge in [-0.25, -0.2) is 19.0 Å². The molecular formula is C82H90BBrN6O8. The van der Waals surface area contributed by atoms with Crippen molar-refractivity contribution >= 4 is 52.3 Å². The van der Waals surface area contributed by atoms with Crippen LogP contribution in [-0.2, 0) is 47.3 Å². The third kappa shape index (κ3) is 19.4. The number of carboxylic acids is 1. The van der Waals surface area contributed by atoms with Gasteiger partial charge in [-0.3, -0.25) is 9.59 Å². The lowest BCUT2D eigenvalue weighted by Crippen LogP contribution is -2.45. The van der Waals surface area contributed by atoms with Crippen LogP contribution in [0.1, 0.15) is 144 Å². The van der Waals surface area contributed by atoms with E-state index in [1.54, 1.807) is 30.5 Å². The molecule has 11 rings (SSSR count). The number of hydrogen-bond acceptors (Lipinski definition) is 9. The lowest BCUT2D eigenvalue weighted by Gasteiger charge is -2.32. The fourth-order valence-corrected chi connectivity index (χ4v) is 11.0. The van der Waals surface area contributed by atoms with Crippen LogP contribution in [0.5, 0.6) is 0 Å². The van der Waals surface area contributed by atoms with Crippen LogP contribution in [-0.4, -0.2) is 84.4 Å². The Kier molecular flexibility index (Phi) is 22.7. The highest BCUT2D eigenvalue weighted by molar-refractivity contribution is 9.10. The van der Waals surface area contributed by atoms with E-state index in [1.807, 2.05) is 161 Å². The van der Waals surface area contributed by atoms with Gasteiger partial charge in [0.15, 0.2) is 0 Å². The number of halogens is 1. The molecule has 0 aliphatic carbocycles. The molecule has 0 radical (unpaired) electrons. The van der Waals surface area contributed by atoms with Gasteiger partial charge in [0.1, 0.15) is 17.7 Å². The molecule has 14 nitrogen and oxygen atoms in total. The quantitative estimate of drug-likeness (QED) is 0.0623. The summed E-state index contributed by atoms with van der Waals surface area (Å²) in [5, 5.41) is 24.2. The maximum absolute atomic E-state index is 13.1. The number of aryl methyl sites for hydroxylation is 2. The molecule has 10 aromatic rings. The minimum atomic E-state index is -1.08. The number of carbonyl (C=O) groups is 4. The minimum Gasteiger partial charge on any atom is -0.480 e. The molecule has 16 heteroatoms. The molecule has 0 spiro atoms. The zero-order valence-electron chi connectivity index (χ0n) is 58.9. The number of amides is 2. The largest absolute Gasteiger partial charge is 0.494 e. The van der Waals surface area contributed by atoms with E-state index in [0.29, 0.717) is 17.5 Å². The number of rotatable bonds is 16. The predicted molar refractivity (Wildman–Crippen MR) is 396 cm³/mol. The topological polar surface area (TPSA) is 176 Å². The van der Waals surface area contributed by atoms with E-state index in [9.17, 15) is 24.3 Å². The molecule has 0 unspecified atom stereocenters. The molecule has 98 heavy (non-hydrogen) atoms. The molecular weight excluding hydrogens is 1290 g/mol. The number of aliphatic carboxylic acids is 1. The number of carbonyl (C=O) groups excluding carboxylic acids is 3. The van der Waals surface area contributed by atoms with Gasteiger partial charge in [-0.2, -0.15) is 10.2 Å². The van der Waals surface area contributed by atoms with Crippen molar-refractivity contribution in [1.29, 1.82) is 0 Å². The number of esters is 1. The maximum Gasteiger partial charge on any atom is 0.494 e. The van der Waals surface area contributed by atoms with E-state index in [-0.39, 0.29) is 23.2 Å². The van der Waals surface area contributed by atoms with E-state index >= 15 is 0 Å². The molecule has 0 saturated carbocycles. The summed E-state index contributed by atoms with van der Waals surface area (Å²) in [7, 11) is -0.462. The SMILES string of the molecule is CC(C)(C)OC(=O)[C@H](Cc1ccc(B2OC(C)(C)C(C)(C)O2)cc1)NC(=O)c1ccc(C(C)(C)C)cc1.Cc1ccc(-c2ccc(-n3cc(-c4ccc(C[C@H](NC(=O)c5ccc(C(C)(C)C)cc5)C(=O)O)cc4)cn3)cc2)cc1.Cc1ccc(-c2ccc(-n3cc(Br)cn3)cc2)cc1. The first kappa shape index (κ1) is 72.8. The van der Waals surface area contributed by atoms with Gasteiger partial charge in [-0.1, -0.05) is 198 Å². The molecule has 1 aliphatic rings. The third-order valence-electron chi connectivity index (χ3n) is 17.5. The predicted octanol–water partition coefficient (Wildman–Crippen LogP) is 16.8. The maximum atomic E-state index is 13.1. The standard InChI is InChI=1S/C36H35N3O3.C30H42BNO5.C16H13BrN2/c1-24-5-9-26(10-6-24)27-15-19-32(20-16-27)39-23-30(22-37-39)28-11-7-25(8-12-28)21-33(35(41)42)38-34(40)29-13-17-31(18-14-29)36(2,3)4;1-27(2,3)22-15-13-21(14-16-22)25(33)32-24(26(34)35-28(4,5)6)19-20-11-17-23(18-12-20)31-36-29(7,8)30(9,10)37-31;1-12-2-4-13(5-3-12)14-6-8-16(9-7-14)19-11-15(17)10-18-19/h5-20,22-23,33H,21H2,1-4H3,(H,38,40)(H,41,42);11-18,24H,19H2,1-10H3,(H,32,33);2-11H,1H3/t33-;24-;/m00./s1. The summed E-state index contributed by atoms with van der Waals surface area (Å²) in [4.78, 5) is 50.9. The summed E-state index contributed by atoms with van der Waals surface area (Å²) in [5.41, 5.74) is 15.4. The first-order valence-electron chi connectivity index (χ1n) is 33.1. The van der Waals surface area contributed by atoms with Gasteiger partial charge in [-0.05, 0) is 193 Å². The van der Waals surface area contributed by atoms with Crippen molar-refractivity contribution in [1.82, 2.24) is 30.2 Å². The lowest BCUT2D eigenvalue weighted by molar-refractivity contribution is -0.157. The van der Waals surface area contributed by atoms with Crippen molar-refractivity contribution in [3.63, 3.8) is 0 Å². The summed E-state index contributed by atoms with van der Waals surface area (Å²) < 4.78 is 22.6. The number of benzene rings is 8. The lowest BCUT2D eigenvalue weighted by atomic mass is 9.78. The zero-order valence-corrected chi connectivity index (χ0v) is 60.5. The van der Waals surface area contributed by atoms with Crippen molar-refractivity contribution in [3.05, 3.63) is 268 Å². The third-order valence-corrected chi connectivity index (χ3v) is 17.9. The highest BCUT2D eigenvalue weighted by Crippen LogP contribution is 2.37. The Morgan fingerprint density at radius 1 is 0.490 bits per heavy atom. The van der Waals surface area contributed by atoms with E-state index in [2.05, 4.69) is 177 Å². The van der Waals surface area contributed by atoms with E-state index < -0.39 is 53.9 Å². The van der Waals surface area contributed by atoms with Crippen LogP contribution in [0, 0.1) is 13.8 Å². The first-order chi connectivity index (χ1) is 46.2. The molecule has 8 aromatic carbocycles. The highest BCUT2D eigenvalue weighted by atomic mass is 79.9. The summed E-state index contributed by atoms with van der Waals surface area (Å²) in [6.07, 6.45) is 7.99. The van der Waals surface area contributed by atoms with Gasteiger partial charge in [-0.15, -0.1) is 0 Å². The molecule has 506 valence electrons. The number of nitrogens with one attached hydrogen (secondary N) is 2. The Hall–Kier alpha value is -9.48. The number of hydrogen-bond donors (Lipinski definition) is 3. The van der Waals surface area contributed by atoms with Crippen LogP contribution in [0.15, 0.2) is 223 Å². The second-order valence-corrected chi connectivity index (χ2v) is 30.0. The van der Waals surface area contributed by atoms with Gasteiger partial charge >= 0.3 is 19.1 Å². The summed E-state index contributed by atoms with van der Waals surface area (Å²) in [5.74, 6) is -2.26. The van der Waals surface area contributed by atoms with E-state index in [1.165, 1.54) is 27.8 Å². The Morgan fingerprint density at radius 3 is 1.23 bits per heavy atom. The number of aromatic nitrogens is 4. The van der Waals surface area contributed by atoms with Gasteiger partial charge in [0.05, 0.1) is 39.4 Å². The van der Waals surface area contributed by atoms with Crippen LogP contribution in [0.3, 0.4) is 0 Å². The average molecular weight is 1380 g/mol. The van der Waals surface area contributed by atoms with Crippen LogP contribution >= 0.6 is 15.9 Å². The summed E-state index contributed by atoms with van der Waals surface area (Å²) in [6, 6.07) is 62.0. The highest BCUT2D eigenvalue weighted by Gasteiger charge is 2.51. The summed E-state index contributed by atoms with van der Waals surface area (Å²) in [6.45, 7) is 30.4. The Bertz CT molecular complexity index is 4320. The van der Waals surface area contributed by atoms with Crippen molar-refractivity contribution in [2.45, 2.75) is 156 Å². The van der Waals surface area contributed by atoms with Gasteiger partial charge in [0.25, 0.3) is 11.8 Å². The normalized spacial score (nSPS) is 14.0. The van der Waals surface area contributed by atoms with Crippen LogP contribution in [0.4, 0.5) is 0 Å². The number of carboxylic acid groups (broad SMARTS) is 1. The monoisotopic (exact) mass is 1380 g/mol. The Morgan fingerprint density at radius 2 is 0.847 bits per heavy atom. The fraction of sp³-hybridized carbons (Fsp3) is 0.293. The molecule has 1 fully saturated rings. The number of ether oxygens (including phenoxy) is 1. The van der Waals surface area contributed by atoms with Crippen LogP contribution < -0.4 is 16.1 Å². The van der Waals surface area contributed by atoms with E-state index in [0.717, 1.165) is 60.3 Å². The first-order valence-corrected chi connectivity index (χ1v) is 33.9. The van der Waals surface area contributed by atoms with Crippen molar-refractivity contribution in [2.24, 2.45) is 0 Å². The smallest absolute Gasteiger partial charge is 0.480 e. The Balaban J connectivity index is 0.000000183. The fourth-order valence-electron chi connectivity index (χ4n) is 10.7. The second-order valence-electron chi connectivity index (χ2n) is 29.1. The molecule has 1 aliphatic heterocycles. The van der Waals surface area contributed by atoms with Gasteiger partial charge < -0.3 is 29.8 Å². The van der Waals surface area contributed by atoms with Crippen LogP contribution in [0.25, 0.3) is 44.8 Å². The molecule has 3 heterocycles. The second kappa shape index (κ2) is 30.5. The molecule has 1 saturated heterocycles. The van der Waals surface area contributed by atoms with Crippen molar-refractivity contribution in [2.75, 3.05) is 0 Å². The molecule has 2 aromatic heterocycles. The molecule has 3 N–H and O–H groups in total. The molecule has 2 atom stereocenters. The summed E-state index contributed by atoms with van der Waals surface area (Å²) >= 11 is 3.40. The Labute approximate surface area is 586 Å². The average Bonchev–Trinajstić information content (AvgIpc) is 1.62. The number of nitrogens with zero attached hydrogens (tertiary/aromatic N) is 4. The zero-order chi connectivity index (χ0) is 70.9. The van der Waals surface area contributed by atoms with E-state index in [4.69, 9.17) is 14.0 Å². The minimum absolute atomic E-state index is 0.0136. The molecule has 0 bridgehead atoms. The van der Waals surface area contributed by atoms with Crippen molar-refractivity contribution in [3.8, 4) is 44.8 Å².